The third-order valence-electron chi connectivity index (χ3n) is 6.35. The summed E-state index contributed by atoms with van der Waals surface area (Å²) in [5, 5.41) is 10.3. The van der Waals surface area contributed by atoms with Crippen molar-refractivity contribution in [1.29, 1.82) is 0 Å². The number of benzene rings is 3. The van der Waals surface area contributed by atoms with E-state index < -0.39 is 30.6 Å². The van der Waals surface area contributed by atoms with E-state index in [9.17, 15) is 9.18 Å². The van der Waals surface area contributed by atoms with Crippen LogP contribution in [0.4, 0.5) is 4.39 Å². The van der Waals surface area contributed by atoms with Gasteiger partial charge in [0.1, 0.15) is 11.6 Å². The van der Waals surface area contributed by atoms with Crippen LogP contribution in [0.1, 0.15) is 48.2 Å². The molecule has 0 saturated carbocycles. The Morgan fingerprint density at radius 3 is 2.17 bits per heavy atom. The van der Waals surface area contributed by atoms with Crippen LogP contribution in [0.3, 0.4) is 0 Å². The van der Waals surface area contributed by atoms with E-state index in [4.69, 9.17) is 49.4 Å². The van der Waals surface area contributed by atoms with Crippen molar-refractivity contribution in [2.45, 2.75) is 31.5 Å². The first-order valence-corrected chi connectivity index (χ1v) is 12.4. The van der Waals surface area contributed by atoms with Gasteiger partial charge in [-0.3, -0.25) is 0 Å². The van der Waals surface area contributed by atoms with E-state index in [0.717, 1.165) is 22.8 Å². The molecule has 4 nitrogen and oxygen atoms in total. The molecule has 1 saturated heterocycles. The molecular weight excluding hydrogens is 526 g/mol. The smallest absolute Gasteiger partial charge is 0.341 e. The zero-order valence-corrected chi connectivity index (χ0v) is 21.7. The Kier molecular flexibility index (Phi) is 8.26. The van der Waals surface area contributed by atoms with E-state index in [-0.39, 0.29) is 22.6 Å². The van der Waals surface area contributed by atoms with Gasteiger partial charge < -0.3 is 14.6 Å². The Hall–Kier alpha value is -2.57. The maximum atomic E-state index is 14.6. The second-order valence-electron chi connectivity index (χ2n) is 8.86. The highest BCUT2D eigenvalue weighted by molar-refractivity contribution is 6.32. The number of carboxylic acids is 1. The van der Waals surface area contributed by atoms with E-state index in [1.54, 1.807) is 12.1 Å². The predicted octanol–water partition coefficient (Wildman–Crippen LogP) is 8.43. The fraction of sp³-hybridized carbons (Fsp3) is 0.250. The quantitative estimate of drug-likeness (QED) is 0.301. The first-order valence-electron chi connectivity index (χ1n) is 11.3. The Labute approximate surface area is 224 Å². The van der Waals surface area contributed by atoms with Gasteiger partial charge >= 0.3 is 5.97 Å². The molecular formula is C28H24Cl3FO4. The SMILES string of the molecule is C=C(C)[C@H]1C[C@H](c2ccc(Cl)cc2)[C@H](c2ccc(Cl)cc2)O[C@@H]1c1cc(F)cc(Cl)c1OCC(=O)O. The van der Waals surface area contributed by atoms with Crippen molar-refractivity contribution in [2.24, 2.45) is 5.92 Å². The van der Waals surface area contributed by atoms with Crippen LogP contribution < -0.4 is 4.74 Å². The number of aliphatic carboxylic acids is 1. The monoisotopic (exact) mass is 548 g/mol. The number of hydrogen-bond donors (Lipinski definition) is 1. The number of hydrogen-bond acceptors (Lipinski definition) is 3. The molecule has 1 aliphatic heterocycles. The first-order chi connectivity index (χ1) is 17.1. The molecule has 1 N–H and O–H groups in total. The second kappa shape index (κ2) is 11.2. The fourth-order valence-corrected chi connectivity index (χ4v) is 5.20. The molecule has 0 unspecified atom stereocenters. The maximum Gasteiger partial charge on any atom is 0.341 e. The highest BCUT2D eigenvalue weighted by atomic mass is 35.5. The number of carbonyl (C=O) groups is 1. The Balaban J connectivity index is 1.83. The van der Waals surface area contributed by atoms with Crippen LogP contribution in [0.2, 0.25) is 15.1 Å². The van der Waals surface area contributed by atoms with E-state index in [1.807, 2.05) is 43.3 Å². The van der Waals surface area contributed by atoms with Crippen molar-refractivity contribution in [3.63, 3.8) is 0 Å². The fourth-order valence-electron chi connectivity index (χ4n) is 4.68. The second-order valence-corrected chi connectivity index (χ2v) is 10.1. The predicted molar refractivity (Wildman–Crippen MR) is 140 cm³/mol. The summed E-state index contributed by atoms with van der Waals surface area (Å²) in [4.78, 5) is 11.2. The highest BCUT2D eigenvalue weighted by Gasteiger charge is 2.42. The molecule has 0 spiro atoms. The molecule has 0 bridgehead atoms. The zero-order chi connectivity index (χ0) is 26.0. The molecule has 4 rings (SSSR count). The van der Waals surface area contributed by atoms with E-state index in [1.165, 1.54) is 6.07 Å². The summed E-state index contributed by atoms with van der Waals surface area (Å²) in [6.45, 7) is 5.44. The lowest BCUT2D eigenvalue weighted by atomic mass is 9.74. The summed E-state index contributed by atoms with van der Waals surface area (Å²) in [6, 6.07) is 17.4. The van der Waals surface area contributed by atoms with Crippen LogP contribution in [0.25, 0.3) is 0 Å². The summed E-state index contributed by atoms with van der Waals surface area (Å²) in [5.74, 6) is -1.99. The van der Waals surface area contributed by atoms with Gasteiger partial charge in [0.2, 0.25) is 0 Å². The lowest BCUT2D eigenvalue weighted by Gasteiger charge is -2.43. The van der Waals surface area contributed by atoms with E-state index in [2.05, 4.69) is 6.58 Å². The Morgan fingerprint density at radius 1 is 1.03 bits per heavy atom. The van der Waals surface area contributed by atoms with Crippen LogP contribution in [0, 0.1) is 11.7 Å². The van der Waals surface area contributed by atoms with Crippen molar-refractivity contribution in [3.8, 4) is 5.75 Å². The van der Waals surface area contributed by atoms with Crippen LogP contribution in [0.15, 0.2) is 72.8 Å². The number of carboxylic acid groups (broad SMARTS) is 1. The molecule has 0 aliphatic carbocycles. The van der Waals surface area contributed by atoms with Gasteiger partial charge in [0, 0.05) is 27.4 Å². The molecule has 8 heteroatoms. The largest absolute Gasteiger partial charge is 0.480 e. The van der Waals surface area contributed by atoms with Gasteiger partial charge in [0.15, 0.2) is 6.61 Å². The summed E-state index contributed by atoms with van der Waals surface area (Å²) >= 11 is 18.6. The number of halogens is 4. The van der Waals surface area contributed by atoms with Crippen molar-refractivity contribution in [1.82, 2.24) is 0 Å². The third kappa shape index (κ3) is 5.87. The van der Waals surface area contributed by atoms with Crippen LogP contribution >= 0.6 is 34.8 Å². The van der Waals surface area contributed by atoms with Gasteiger partial charge in [-0.05, 0) is 60.9 Å². The van der Waals surface area contributed by atoms with E-state index in [0.29, 0.717) is 22.0 Å². The normalized spacial score (nSPS) is 21.7. The van der Waals surface area contributed by atoms with Crippen LogP contribution in [0.5, 0.6) is 5.75 Å². The third-order valence-corrected chi connectivity index (χ3v) is 7.13. The van der Waals surface area contributed by atoms with E-state index >= 15 is 0 Å². The van der Waals surface area contributed by atoms with Crippen LogP contribution in [-0.4, -0.2) is 17.7 Å². The molecule has 1 aliphatic rings. The van der Waals surface area contributed by atoms with Crippen molar-refractivity contribution in [2.75, 3.05) is 6.61 Å². The number of ether oxygens (including phenoxy) is 2. The topological polar surface area (TPSA) is 55.8 Å². The van der Waals surface area contributed by atoms with Crippen molar-refractivity contribution in [3.05, 3.63) is 110 Å². The minimum absolute atomic E-state index is 0.0295. The highest BCUT2D eigenvalue weighted by Crippen LogP contribution is 2.54. The molecule has 4 atom stereocenters. The Bertz CT molecular complexity index is 1260. The standard InChI is InChI=1S/C28H24Cl3FO4/c1-15(2)21-13-22(16-3-7-18(29)8-4-16)26(17-5-9-19(30)10-6-17)36-27(21)23-11-20(32)12-24(31)28(23)35-14-25(33)34/h3-12,21-22,26-27H,1,13-14H2,2H3,(H,33,34)/t21-,22-,26+,27+/m1/s1. The molecule has 188 valence electrons. The van der Waals surface area contributed by atoms with Gasteiger partial charge in [-0.2, -0.15) is 0 Å². The van der Waals surface area contributed by atoms with Crippen LogP contribution in [-0.2, 0) is 9.53 Å². The van der Waals surface area contributed by atoms with Gasteiger partial charge in [0.05, 0.1) is 17.2 Å². The maximum absolute atomic E-state index is 14.6. The lowest BCUT2D eigenvalue weighted by Crippen LogP contribution is -2.32. The molecule has 1 fully saturated rings. The molecule has 3 aromatic rings. The number of rotatable bonds is 7. The van der Waals surface area contributed by atoms with Gasteiger partial charge in [0.25, 0.3) is 0 Å². The summed E-state index contributed by atoms with van der Waals surface area (Å²) in [6.07, 6.45) is -0.497. The molecule has 0 aromatic heterocycles. The van der Waals surface area contributed by atoms with Gasteiger partial charge in [-0.15, -0.1) is 0 Å². The minimum atomic E-state index is -1.18. The molecule has 0 radical (unpaired) electrons. The summed E-state index contributed by atoms with van der Waals surface area (Å²) < 4.78 is 26.8. The lowest BCUT2D eigenvalue weighted by molar-refractivity contribution is -0.139. The zero-order valence-electron chi connectivity index (χ0n) is 19.4. The van der Waals surface area contributed by atoms with Crippen molar-refractivity contribution >= 4 is 40.8 Å². The van der Waals surface area contributed by atoms with Gasteiger partial charge in [-0.1, -0.05) is 71.2 Å². The molecule has 1 heterocycles. The van der Waals surface area contributed by atoms with Crippen molar-refractivity contribution < 1.29 is 23.8 Å². The average Bonchev–Trinajstić information content (AvgIpc) is 2.83. The molecule has 3 aromatic carbocycles. The average molecular weight is 550 g/mol. The van der Waals surface area contributed by atoms with Gasteiger partial charge in [-0.25, -0.2) is 9.18 Å². The summed E-state index contributed by atoms with van der Waals surface area (Å²) in [5.41, 5.74) is 3.09. The Morgan fingerprint density at radius 2 is 1.61 bits per heavy atom. The first kappa shape index (κ1) is 26.5. The summed E-state index contributed by atoms with van der Waals surface area (Å²) in [7, 11) is 0. The molecule has 36 heavy (non-hydrogen) atoms. The minimum Gasteiger partial charge on any atom is -0.480 e. The molecule has 0 amide bonds.